The Bertz CT molecular complexity index is 457. The summed E-state index contributed by atoms with van der Waals surface area (Å²) in [6.45, 7) is 4.67. The number of hydrogen-bond acceptors (Lipinski definition) is 2. The van der Waals surface area contributed by atoms with Gasteiger partial charge >= 0.3 is 0 Å². The second kappa shape index (κ2) is 8.60. The highest BCUT2D eigenvalue weighted by atomic mass is 79.9. The molecule has 0 heterocycles. The monoisotopic (exact) mass is 366 g/mol. The van der Waals surface area contributed by atoms with E-state index in [1.54, 1.807) is 18.0 Å². The van der Waals surface area contributed by atoms with Crippen LogP contribution in [0, 0.1) is 11.7 Å². The first-order valence-corrected chi connectivity index (χ1v) is 7.08. The summed E-state index contributed by atoms with van der Waals surface area (Å²) in [4.78, 5) is 13.7. The van der Waals surface area contributed by atoms with Gasteiger partial charge in [-0.05, 0) is 46.5 Å². The van der Waals surface area contributed by atoms with Gasteiger partial charge in [-0.3, -0.25) is 4.79 Å². The van der Waals surface area contributed by atoms with Gasteiger partial charge in [0.2, 0.25) is 0 Å². The number of hydrogen-bond donors (Lipinski definition) is 1. The summed E-state index contributed by atoms with van der Waals surface area (Å²) in [6.07, 6.45) is 0.735. The number of rotatable bonds is 5. The molecule has 0 aliphatic rings. The van der Waals surface area contributed by atoms with Crippen molar-refractivity contribution in [3.8, 4) is 0 Å². The molecule has 0 aliphatic carbocycles. The Morgan fingerprint density at radius 2 is 2.05 bits per heavy atom. The summed E-state index contributed by atoms with van der Waals surface area (Å²) in [5.74, 6) is -0.242. The quantitative estimate of drug-likeness (QED) is 0.866. The van der Waals surface area contributed by atoms with Crippen LogP contribution in [-0.2, 0) is 0 Å². The van der Waals surface area contributed by atoms with Crippen LogP contribution in [0.25, 0.3) is 0 Å². The lowest BCUT2D eigenvalue weighted by Crippen LogP contribution is -2.34. The van der Waals surface area contributed by atoms with Crippen molar-refractivity contribution >= 4 is 34.2 Å². The van der Waals surface area contributed by atoms with E-state index in [0.717, 1.165) is 6.42 Å². The van der Waals surface area contributed by atoms with Gasteiger partial charge in [-0.1, -0.05) is 13.8 Å². The molecule has 0 fully saturated rings. The van der Waals surface area contributed by atoms with E-state index in [1.165, 1.54) is 12.1 Å². The van der Waals surface area contributed by atoms with Crippen molar-refractivity contribution in [3.05, 3.63) is 34.1 Å². The third kappa shape index (κ3) is 5.38. The van der Waals surface area contributed by atoms with E-state index in [-0.39, 0.29) is 24.4 Å². The average Bonchev–Trinajstić information content (AvgIpc) is 2.37. The Kier molecular flexibility index (Phi) is 8.32. The Hall–Kier alpha value is -0.650. The number of amides is 1. The van der Waals surface area contributed by atoms with Crippen molar-refractivity contribution in [3.63, 3.8) is 0 Å². The zero-order valence-electron chi connectivity index (χ0n) is 11.9. The number of nitrogens with zero attached hydrogens (tertiary/aromatic N) is 1. The van der Waals surface area contributed by atoms with Crippen LogP contribution >= 0.6 is 28.3 Å². The molecule has 6 heteroatoms. The molecular weight excluding hydrogens is 347 g/mol. The molecule has 0 aromatic heterocycles. The van der Waals surface area contributed by atoms with Gasteiger partial charge in [-0.2, -0.15) is 0 Å². The lowest BCUT2D eigenvalue weighted by molar-refractivity contribution is 0.0788. The highest BCUT2D eigenvalue weighted by molar-refractivity contribution is 9.10. The molecule has 1 unspecified atom stereocenters. The van der Waals surface area contributed by atoms with Gasteiger partial charge in [0, 0.05) is 25.2 Å². The maximum Gasteiger partial charge on any atom is 0.253 e. The van der Waals surface area contributed by atoms with Gasteiger partial charge in [0.25, 0.3) is 5.91 Å². The molecular formula is C14H21BrClFN2O. The van der Waals surface area contributed by atoms with Crippen LogP contribution in [0.15, 0.2) is 22.7 Å². The first-order chi connectivity index (χ1) is 8.82. The van der Waals surface area contributed by atoms with E-state index >= 15 is 0 Å². The first kappa shape index (κ1) is 19.4. The predicted octanol–water partition coefficient (Wildman–Crippen LogP) is 3.46. The lowest BCUT2D eigenvalue weighted by Gasteiger charge is -2.21. The average molecular weight is 368 g/mol. The zero-order chi connectivity index (χ0) is 14.6. The molecule has 0 saturated carbocycles. The van der Waals surface area contributed by atoms with Gasteiger partial charge in [0.1, 0.15) is 5.82 Å². The van der Waals surface area contributed by atoms with Crippen LogP contribution in [0.1, 0.15) is 30.6 Å². The van der Waals surface area contributed by atoms with Crippen LogP contribution in [0.5, 0.6) is 0 Å². The smallest absolute Gasteiger partial charge is 0.253 e. The van der Waals surface area contributed by atoms with Crippen LogP contribution in [-0.4, -0.2) is 30.4 Å². The number of halogens is 3. The molecule has 1 rings (SSSR count). The molecule has 3 nitrogen and oxygen atoms in total. The van der Waals surface area contributed by atoms with Crippen molar-refractivity contribution in [2.45, 2.75) is 26.3 Å². The molecule has 2 N–H and O–H groups in total. The number of carbonyl (C=O) groups is 1. The van der Waals surface area contributed by atoms with E-state index in [9.17, 15) is 9.18 Å². The molecule has 1 atom stereocenters. The summed E-state index contributed by atoms with van der Waals surface area (Å²) in [5.41, 5.74) is 6.29. The van der Waals surface area contributed by atoms with E-state index in [1.807, 2.05) is 0 Å². The highest BCUT2D eigenvalue weighted by Gasteiger charge is 2.15. The summed E-state index contributed by atoms with van der Waals surface area (Å²) in [5, 5.41) is 0. The van der Waals surface area contributed by atoms with Gasteiger partial charge in [-0.15, -0.1) is 12.4 Å². The van der Waals surface area contributed by atoms with Crippen LogP contribution in [0.2, 0.25) is 0 Å². The maximum atomic E-state index is 13.4. The maximum absolute atomic E-state index is 13.4. The Labute approximate surface area is 134 Å². The molecule has 1 aromatic rings. The van der Waals surface area contributed by atoms with E-state index in [2.05, 4.69) is 29.8 Å². The third-order valence-electron chi connectivity index (χ3n) is 3.17. The van der Waals surface area contributed by atoms with Crippen molar-refractivity contribution < 1.29 is 9.18 Å². The topological polar surface area (TPSA) is 46.3 Å². The van der Waals surface area contributed by atoms with Crippen molar-refractivity contribution in [1.29, 1.82) is 0 Å². The van der Waals surface area contributed by atoms with Gasteiger partial charge in [0.05, 0.1) is 4.47 Å². The minimum atomic E-state index is -0.432. The SMILES string of the molecule is CC(C)C(N)CCN(C)C(=O)c1ccc(Br)c(F)c1.Cl. The molecule has 0 radical (unpaired) electrons. The van der Waals surface area contributed by atoms with Gasteiger partial charge in [0.15, 0.2) is 0 Å². The van der Waals surface area contributed by atoms with Crippen LogP contribution < -0.4 is 5.73 Å². The lowest BCUT2D eigenvalue weighted by atomic mass is 10.0. The zero-order valence-corrected chi connectivity index (χ0v) is 14.3. The fourth-order valence-corrected chi connectivity index (χ4v) is 1.87. The summed E-state index contributed by atoms with van der Waals surface area (Å²) < 4.78 is 13.7. The van der Waals surface area contributed by atoms with E-state index < -0.39 is 5.82 Å². The number of benzene rings is 1. The highest BCUT2D eigenvalue weighted by Crippen LogP contribution is 2.17. The predicted molar refractivity (Wildman–Crippen MR) is 85.7 cm³/mol. The Morgan fingerprint density at radius 3 is 2.55 bits per heavy atom. The second-order valence-corrected chi connectivity index (χ2v) is 5.91. The number of nitrogens with two attached hydrogens (primary N) is 1. The second-order valence-electron chi connectivity index (χ2n) is 5.05. The molecule has 0 saturated heterocycles. The third-order valence-corrected chi connectivity index (χ3v) is 3.81. The molecule has 0 aliphatic heterocycles. The fourth-order valence-electron chi connectivity index (χ4n) is 1.63. The fraction of sp³-hybridized carbons (Fsp3) is 0.500. The van der Waals surface area contributed by atoms with Crippen molar-refractivity contribution in [2.75, 3.05) is 13.6 Å². The van der Waals surface area contributed by atoms with Gasteiger partial charge < -0.3 is 10.6 Å². The van der Waals surface area contributed by atoms with Crippen molar-refractivity contribution in [2.24, 2.45) is 11.7 Å². The van der Waals surface area contributed by atoms with Crippen LogP contribution in [0.4, 0.5) is 4.39 Å². The van der Waals surface area contributed by atoms with E-state index in [4.69, 9.17) is 5.73 Å². The summed E-state index contributed by atoms with van der Waals surface area (Å²) in [7, 11) is 1.70. The van der Waals surface area contributed by atoms with Crippen molar-refractivity contribution in [1.82, 2.24) is 4.90 Å². The number of carbonyl (C=O) groups excluding carboxylic acids is 1. The summed E-state index contributed by atoms with van der Waals surface area (Å²) in [6, 6.07) is 4.45. The van der Waals surface area contributed by atoms with E-state index in [0.29, 0.717) is 22.5 Å². The summed E-state index contributed by atoms with van der Waals surface area (Å²) >= 11 is 3.06. The Morgan fingerprint density at radius 1 is 1.45 bits per heavy atom. The molecule has 0 spiro atoms. The molecule has 1 amide bonds. The normalized spacial score (nSPS) is 11.9. The standard InChI is InChI=1S/C14H20BrFN2O.ClH/c1-9(2)13(17)6-7-18(3)14(19)10-4-5-11(15)12(16)8-10;/h4-5,8-9,13H,6-7,17H2,1-3H3;1H. The van der Waals surface area contributed by atoms with Crippen LogP contribution in [0.3, 0.4) is 0 Å². The molecule has 0 bridgehead atoms. The minimum absolute atomic E-state index is 0. The molecule has 114 valence electrons. The minimum Gasteiger partial charge on any atom is -0.342 e. The largest absolute Gasteiger partial charge is 0.342 e. The first-order valence-electron chi connectivity index (χ1n) is 6.29. The molecule has 1 aromatic carbocycles. The Balaban J connectivity index is 0.00000361. The molecule has 20 heavy (non-hydrogen) atoms. The van der Waals surface area contributed by atoms with Gasteiger partial charge in [-0.25, -0.2) is 4.39 Å².